The van der Waals surface area contributed by atoms with Crippen molar-refractivity contribution in [3.63, 3.8) is 0 Å². The van der Waals surface area contributed by atoms with Gasteiger partial charge in [0.2, 0.25) is 0 Å². The topological polar surface area (TPSA) is 36.5 Å². The molecule has 4 nitrogen and oxygen atoms in total. The largest absolute Gasteiger partial charge is 0.498 e. The molecule has 5 aromatic carbocycles. The predicted molar refractivity (Wildman–Crippen MR) is 169 cm³/mol. The summed E-state index contributed by atoms with van der Waals surface area (Å²) in [6, 6.07) is 38.6. The molecule has 1 fully saturated rings. The maximum absolute atomic E-state index is 6.56. The third-order valence-electron chi connectivity index (χ3n) is 9.06. The van der Waals surface area contributed by atoms with Crippen LogP contribution in [-0.4, -0.2) is 22.9 Å². The molecule has 1 aliphatic heterocycles. The Morgan fingerprint density at radius 1 is 0.610 bits per heavy atom. The monoisotopic (exact) mass is 535 g/mol. The lowest BCUT2D eigenvalue weighted by Crippen LogP contribution is -2.41. The van der Waals surface area contributed by atoms with E-state index < -0.39 is 18.3 Å². The van der Waals surface area contributed by atoms with Crippen LogP contribution in [0.15, 0.2) is 114 Å². The first-order valence-corrected chi connectivity index (χ1v) is 14.2. The van der Waals surface area contributed by atoms with Gasteiger partial charge in [0.1, 0.15) is 11.2 Å². The summed E-state index contributed by atoms with van der Waals surface area (Å²) in [5, 5.41) is 4.64. The fourth-order valence-corrected chi connectivity index (χ4v) is 6.26. The molecule has 0 aliphatic carbocycles. The Labute approximate surface area is 239 Å². The summed E-state index contributed by atoms with van der Waals surface area (Å²) >= 11 is 0. The van der Waals surface area contributed by atoms with Crippen molar-refractivity contribution in [2.45, 2.75) is 38.9 Å². The van der Waals surface area contributed by atoms with Crippen molar-refractivity contribution < 1.29 is 13.7 Å². The summed E-state index contributed by atoms with van der Waals surface area (Å²) in [4.78, 5) is 0. The van der Waals surface area contributed by atoms with Crippen LogP contribution in [0.4, 0.5) is 0 Å². The van der Waals surface area contributed by atoms with E-state index >= 15 is 0 Å². The van der Waals surface area contributed by atoms with Gasteiger partial charge in [-0.15, -0.1) is 0 Å². The molecule has 0 unspecified atom stereocenters. The normalized spacial score (nSPS) is 16.4. The zero-order valence-corrected chi connectivity index (χ0v) is 23.6. The molecule has 0 N–H and O–H groups in total. The minimum absolute atomic E-state index is 0.427. The average Bonchev–Trinajstić information content (AvgIpc) is 3.59. The van der Waals surface area contributed by atoms with Gasteiger partial charge in [0.25, 0.3) is 0 Å². The van der Waals surface area contributed by atoms with E-state index in [1.165, 1.54) is 21.8 Å². The number of hydrogen-bond donors (Lipinski definition) is 0. The number of benzene rings is 5. The summed E-state index contributed by atoms with van der Waals surface area (Å²) in [5.74, 6) is 0. The van der Waals surface area contributed by atoms with Crippen LogP contribution in [-0.2, 0) is 9.31 Å². The Hall–Kier alpha value is -4.32. The first-order chi connectivity index (χ1) is 19.8. The van der Waals surface area contributed by atoms with Crippen molar-refractivity contribution in [2.24, 2.45) is 0 Å². The highest BCUT2D eigenvalue weighted by atomic mass is 16.7. The minimum Gasteiger partial charge on any atom is -0.456 e. The number of fused-ring (bicyclic) bond motifs is 6. The van der Waals surface area contributed by atoms with Gasteiger partial charge in [-0.2, -0.15) is 0 Å². The number of para-hydroxylation sites is 3. The maximum atomic E-state index is 6.56. The van der Waals surface area contributed by atoms with Crippen LogP contribution < -0.4 is 5.46 Å². The maximum Gasteiger partial charge on any atom is 0.498 e. The van der Waals surface area contributed by atoms with Crippen molar-refractivity contribution in [1.82, 2.24) is 4.57 Å². The van der Waals surface area contributed by atoms with Crippen LogP contribution in [0.1, 0.15) is 27.7 Å². The Morgan fingerprint density at radius 3 is 2.10 bits per heavy atom. The first-order valence-electron chi connectivity index (χ1n) is 14.2. The highest BCUT2D eigenvalue weighted by Crippen LogP contribution is 2.41. The number of rotatable bonds is 3. The molecule has 0 bridgehead atoms. The quantitative estimate of drug-likeness (QED) is 0.213. The molecule has 1 aliphatic rings. The second-order valence-corrected chi connectivity index (χ2v) is 12.0. The molecule has 0 saturated carbocycles. The van der Waals surface area contributed by atoms with Gasteiger partial charge >= 0.3 is 7.12 Å². The van der Waals surface area contributed by atoms with Gasteiger partial charge in [0.05, 0.1) is 22.2 Å². The Balaban J connectivity index is 1.35. The second-order valence-electron chi connectivity index (χ2n) is 12.0. The summed E-state index contributed by atoms with van der Waals surface area (Å²) in [6.07, 6.45) is 0. The van der Waals surface area contributed by atoms with Crippen LogP contribution in [0.5, 0.6) is 0 Å². The van der Waals surface area contributed by atoms with E-state index in [1.807, 2.05) is 6.07 Å². The van der Waals surface area contributed by atoms with Crippen LogP contribution >= 0.6 is 0 Å². The predicted octanol–water partition coefficient (Wildman–Crippen LogP) is 8.65. The summed E-state index contributed by atoms with van der Waals surface area (Å²) in [6.45, 7) is 8.31. The third kappa shape index (κ3) is 3.56. The number of aromatic nitrogens is 1. The van der Waals surface area contributed by atoms with Crippen molar-refractivity contribution >= 4 is 56.3 Å². The smallest absolute Gasteiger partial charge is 0.456 e. The fourth-order valence-electron chi connectivity index (χ4n) is 6.26. The van der Waals surface area contributed by atoms with Gasteiger partial charge in [-0.1, -0.05) is 78.9 Å². The fraction of sp³-hybridized carbons (Fsp3) is 0.167. The zero-order chi connectivity index (χ0) is 27.9. The molecule has 0 radical (unpaired) electrons. The standard InChI is InChI=1S/C36H30BNO3/c1-35(2)36(3,4)41-37(40-35)29-17-10-16-28-33-25(15-11-19-32(33)39-34(28)29)23-20-21-27-26-14-8-9-18-30(26)38(31(27)22-23)24-12-6-5-7-13-24/h5-22H,1-4H3. The Kier molecular flexibility index (Phi) is 5.13. The van der Waals surface area contributed by atoms with Gasteiger partial charge in [0.15, 0.2) is 0 Å². The van der Waals surface area contributed by atoms with E-state index in [0.717, 1.165) is 44.2 Å². The van der Waals surface area contributed by atoms with E-state index in [2.05, 4.69) is 135 Å². The van der Waals surface area contributed by atoms with E-state index in [9.17, 15) is 0 Å². The van der Waals surface area contributed by atoms with E-state index in [4.69, 9.17) is 13.7 Å². The molecule has 41 heavy (non-hydrogen) atoms. The number of hydrogen-bond acceptors (Lipinski definition) is 3. The molecule has 200 valence electrons. The molecular formula is C36H30BNO3. The molecule has 1 saturated heterocycles. The van der Waals surface area contributed by atoms with Gasteiger partial charge in [-0.3, -0.25) is 0 Å². The van der Waals surface area contributed by atoms with Crippen LogP contribution in [0.2, 0.25) is 0 Å². The van der Waals surface area contributed by atoms with Crippen LogP contribution in [0.25, 0.3) is 60.6 Å². The van der Waals surface area contributed by atoms with Crippen molar-refractivity contribution in [3.05, 3.63) is 109 Å². The Bertz CT molecular complexity index is 2100. The second kappa shape index (κ2) is 8.59. The van der Waals surface area contributed by atoms with Gasteiger partial charge in [-0.05, 0) is 69.2 Å². The Morgan fingerprint density at radius 2 is 1.29 bits per heavy atom. The molecule has 2 aromatic heterocycles. The first kappa shape index (κ1) is 24.5. The van der Waals surface area contributed by atoms with Gasteiger partial charge < -0.3 is 18.3 Å². The molecule has 7 aromatic rings. The minimum atomic E-state index is -0.495. The highest BCUT2D eigenvalue weighted by Gasteiger charge is 2.52. The molecule has 0 amide bonds. The van der Waals surface area contributed by atoms with Crippen molar-refractivity contribution in [1.29, 1.82) is 0 Å². The van der Waals surface area contributed by atoms with Gasteiger partial charge in [-0.25, -0.2) is 0 Å². The van der Waals surface area contributed by atoms with Crippen molar-refractivity contribution in [3.8, 4) is 16.8 Å². The van der Waals surface area contributed by atoms with E-state index in [-0.39, 0.29) is 0 Å². The molecule has 8 rings (SSSR count). The summed E-state index contributed by atoms with van der Waals surface area (Å²) in [5.41, 5.74) is 7.54. The summed E-state index contributed by atoms with van der Waals surface area (Å²) < 4.78 is 21.7. The molecular weight excluding hydrogens is 505 g/mol. The molecule has 5 heteroatoms. The lowest BCUT2D eigenvalue weighted by molar-refractivity contribution is 0.00578. The van der Waals surface area contributed by atoms with Crippen LogP contribution in [0, 0.1) is 0 Å². The molecule has 3 heterocycles. The number of nitrogens with zero attached hydrogens (tertiary/aromatic N) is 1. The van der Waals surface area contributed by atoms with Gasteiger partial charge in [0, 0.05) is 32.7 Å². The molecule has 0 atom stereocenters. The lowest BCUT2D eigenvalue weighted by atomic mass is 9.78. The summed E-state index contributed by atoms with van der Waals surface area (Å²) in [7, 11) is -0.495. The lowest BCUT2D eigenvalue weighted by Gasteiger charge is -2.32. The van der Waals surface area contributed by atoms with E-state index in [1.54, 1.807) is 0 Å². The number of furan rings is 1. The van der Waals surface area contributed by atoms with Crippen LogP contribution in [0.3, 0.4) is 0 Å². The third-order valence-corrected chi connectivity index (χ3v) is 9.06. The average molecular weight is 535 g/mol. The van der Waals surface area contributed by atoms with E-state index in [0.29, 0.717) is 0 Å². The highest BCUT2D eigenvalue weighted by molar-refractivity contribution is 6.65. The SMILES string of the molecule is CC1(C)OB(c2cccc3c2oc2cccc(-c4ccc5c6ccccc6n(-c6ccccc6)c5c4)c23)OC1(C)C. The van der Waals surface area contributed by atoms with Crippen molar-refractivity contribution in [2.75, 3.05) is 0 Å². The zero-order valence-electron chi connectivity index (χ0n) is 23.6. The molecule has 0 spiro atoms.